The Morgan fingerprint density at radius 1 is 1.10 bits per heavy atom. The van der Waals surface area contributed by atoms with Crippen LogP contribution in [0.1, 0.15) is 42.2 Å². The number of benzene rings is 2. The van der Waals surface area contributed by atoms with Crippen LogP contribution in [0.25, 0.3) is 11.3 Å². The minimum Gasteiger partial charge on any atom is -0.355 e. The first-order valence-electron chi connectivity index (χ1n) is 10.3. The van der Waals surface area contributed by atoms with Gasteiger partial charge in [0, 0.05) is 29.9 Å². The number of nitrogens with one attached hydrogen (secondary N) is 1. The topological polar surface area (TPSA) is 92.5 Å². The van der Waals surface area contributed by atoms with E-state index in [0.29, 0.717) is 18.0 Å². The molecule has 8 heteroatoms. The van der Waals surface area contributed by atoms with Crippen molar-refractivity contribution >= 4 is 21.6 Å². The van der Waals surface area contributed by atoms with E-state index in [0.717, 1.165) is 30.4 Å². The van der Waals surface area contributed by atoms with Gasteiger partial charge in [0.1, 0.15) is 0 Å². The third-order valence-corrected chi connectivity index (χ3v) is 7.57. The standard InChI is InChI=1S/C23H25N3O4S/c1-16-6-8-18(9-7-16)22-15-21(25-30-22)23(27)24-19-10-12-20(13-11-19)31(28,29)26-14-4-3-5-17(26)2/h6-13,15,17H,3-5,14H2,1-2H3,(H,24,27). The normalized spacial score (nSPS) is 17.4. The van der Waals surface area contributed by atoms with Crippen LogP contribution in [0.2, 0.25) is 0 Å². The van der Waals surface area contributed by atoms with E-state index >= 15 is 0 Å². The van der Waals surface area contributed by atoms with Crippen molar-refractivity contribution in [3.63, 3.8) is 0 Å². The van der Waals surface area contributed by atoms with Crippen LogP contribution in [-0.4, -0.2) is 36.4 Å². The van der Waals surface area contributed by atoms with Crippen molar-refractivity contribution in [1.29, 1.82) is 0 Å². The molecule has 4 rings (SSSR count). The van der Waals surface area contributed by atoms with Gasteiger partial charge in [0.15, 0.2) is 11.5 Å². The summed E-state index contributed by atoms with van der Waals surface area (Å²) in [5, 5.41) is 6.58. The fraction of sp³-hybridized carbons (Fsp3) is 0.304. The number of anilines is 1. The van der Waals surface area contributed by atoms with E-state index < -0.39 is 15.9 Å². The molecule has 1 fully saturated rings. The zero-order valence-electron chi connectivity index (χ0n) is 17.5. The monoisotopic (exact) mass is 439 g/mol. The lowest BCUT2D eigenvalue weighted by molar-refractivity contribution is 0.101. The van der Waals surface area contributed by atoms with Crippen molar-refractivity contribution in [1.82, 2.24) is 9.46 Å². The maximum absolute atomic E-state index is 12.9. The summed E-state index contributed by atoms with van der Waals surface area (Å²) < 4.78 is 32.7. The predicted molar refractivity (Wildman–Crippen MR) is 118 cm³/mol. The molecule has 162 valence electrons. The molecule has 1 saturated heterocycles. The lowest BCUT2D eigenvalue weighted by Crippen LogP contribution is -2.41. The molecule has 1 aliphatic heterocycles. The maximum Gasteiger partial charge on any atom is 0.277 e. The highest BCUT2D eigenvalue weighted by molar-refractivity contribution is 7.89. The quantitative estimate of drug-likeness (QED) is 0.633. The smallest absolute Gasteiger partial charge is 0.277 e. The number of piperidine rings is 1. The number of aromatic nitrogens is 1. The highest BCUT2D eigenvalue weighted by Crippen LogP contribution is 2.26. The van der Waals surface area contributed by atoms with Crippen LogP contribution in [-0.2, 0) is 10.0 Å². The molecular formula is C23H25N3O4S. The van der Waals surface area contributed by atoms with E-state index in [1.165, 1.54) is 12.1 Å². The average Bonchev–Trinajstić information content (AvgIpc) is 3.25. The minimum atomic E-state index is -3.55. The van der Waals surface area contributed by atoms with E-state index in [9.17, 15) is 13.2 Å². The number of hydrogen-bond acceptors (Lipinski definition) is 5. The Morgan fingerprint density at radius 2 is 1.81 bits per heavy atom. The highest BCUT2D eigenvalue weighted by atomic mass is 32.2. The van der Waals surface area contributed by atoms with Crippen molar-refractivity contribution in [2.75, 3.05) is 11.9 Å². The molecule has 3 aromatic rings. The summed E-state index contributed by atoms with van der Waals surface area (Å²) in [5.41, 5.74) is 2.59. The Kier molecular flexibility index (Phi) is 5.93. The van der Waals surface area contributed by atoms with Crippen molar-refractivity contribution in [3.8, 4) is 11.3 Å². The van der Waals surface area contributed by atoms with Gasteiger partial charge < -0.3 is 9.84 Å². The Labute approximate surface area is 182 Å². The SMILES string of the molecule is Cc1ccc(-c2cc(C(=O)Nc3ccc(S(=O)(=O)N4CCCCC4C)cc3)no2)cc1. The molecule has 31 heavy (non-hydrogen) atoms. The summed E-state index contributed by atoms with van der Waals surface area (Å²) in [6.45, 7) is 4.47. The molecule has 1 amide bonds. The summed E-state index contributed by atoms with van der Waals surface area (Å²) in [5.74, 6) is 0.0737. The van der Waals surface area contributed by atoms with Gasteiger partial charge in [0.05, 0.1) is 4.90 Å². The molecule has 1 unspecified atom stereocenters. The molecule has 0 saturated carbocycles. The van der Waals surface area contributed by atoms with Gasteiger partial charge in [-0.3, -0.25) is 4.79 Å². The fourth-order valence-corrected chi connectivity index (χ4v) is 5.41. The van der Waals surface area contributed by atoms with Gasteiger partial charge in [-0.15, -0.1) is 0 Å². The molecule has 0 aliphatic carbocycles. The Bertz CT molecular complexity index is 1170. The summed E-state index contributed by atoms with van der Waals surface area (Å²) >= 11 is 0. The van der Waals surface area contributed by atoms with E-state index in [4.69, 9.17) is 4.52 Å². The van der Waals surface area contributed by atoms with Crippen LogP contribution in [0.15, 0.2) is 64.0 Å². The van der Waals surface area contributed by atoms with Crippen LogP contribution in [0.4, 0.5) is 5.69 Å². The number of sulfonamides is 1. The van der Waals surface area contributed by atoms with Gasteiger partial charge in [-0.25, -0.2) is 8.42 Å². The summed E-state index contributed by atoms with van der Waals surface area (Å²) in [4.78, 5) is 12.7. The molecule has 1 aromatic heterocycles. The summed E-state index contributed by atoms with van der Waals surface area (Å²) in [7, 11) is -3.55. The largest absolute Gasteiger partial charge is 0.355 e. The zero-order chi connectivity index (χ0) is 22.0. The molecule has 0 radical (unpaired) electrons. The van der Waals surface area contributed by atoms with Crippen molar-refractivity contribution < 1.29 is 17.7 Å². The first-order chi connectivity index (χ1) is 14.8. The van der Waals surface area contributed by atoms with Gasteiger partial charge in [0.25, 0.3) is 5.91 Å². The molecule has 2 heterocycles. The summed E-state index contributed by atoms with van der Waals surface area (Å²) in [6.07, 6.45) is 2.79. The van der Waals surface area contributed by atoms with E-state index in [-0.39, 0.29) is 16.6 Å². The minimum absolute atomic E-state index is 0.00646. The Morgan fingerprint density at radius 3 is 2.48 bits per heavy atom. The number of nitrogens with zero attached hydrogens (tertiary/aromatic N) is 2. The van der Waals surface area contributed by atoms with Gasteiger partial charge in [0.2, 0.25) is 10.0 Å². The van der Waals surface area contributed by atoms with Crippen LogP contribution in [0, 0.1) is 6.92 Å². The van der Waals surface area contributed by atoms with Gasteiger partial charge in [-0.1, -0.05) is 41.4 Å². The van der Waals surface area contributed by atoms with E-state index in [1.54, 1.807) is 22.5 Å². The second kappa shape index (κ2) is 8.64. The Hall–Kier alpha value is -2.97. The number of carbonyl (C=O) groups excluding carboxylic acids is 1. The van der Waals surface area contributed by atoms with Crippen LogP contribution < -0.4 is 5.32 Å². The number of amides is 1. The molecule has 0 spiro atoms. The zero-order valence-corrected chi connectivity index (χ0v) is 18.4. The average molecular weight is 440 g/mol. The maximum atomic E-state index is 12.9. The fourth-order valence-electron chi connectivity index (χ4n) is 3.71. The summed E-state index contributed by atoms with van der Waals surface area (Å²) in [6, 6.07) is 15.5. The van der Waals surface area contributed by atoms with E-state index in [2.05, 4.69) is 10.5 Å². The number of rotatable bonds is 5. The van der Waals surface area contributed by atoms with Gasteiger partial charge in [-0.05, 0) is 51.0 Å². The third kappa shape index (κ3) is 4.55. The second-order valence-corrected chi connectivity index (χ2v) is 9.77. The van der Waals surface area contributed by atoms with Gasteiger partial charge in [-0.2, -0.15) is 4.31 Å². The molecule has 1 N–H and O–H groups in total. The van der Waals surface area contributed by atoms with Crippen LogP contribution in [0.3, 0.4) is 0 Å². The molecule has 1 aliphatic rings. The number of carbonyl (C=O) groups is 1. The molecule has 7 nitrogen and oxygen atoms in total. The van der Waals surface area contributed by atoms with Gasteiger partial charge >= 0.3 is 0 Å². The van der Waals surface area contributed by atoms with Crippen molar-refractivity contribution in [3.05, 3.63) is 65.9 Å². The Balaban J connectivity index is 1.45. The number of aryl methyl sites for hydroxylation is 1. The molecule has 2 aromatic carbocycles. The second-order valence-electron chi connectivity index (χ2n) is 7.88. The highest BCUT2D eigenvalue weighted by Gasteiger charge is 2.30. The number of hydrogen-bond donors (Lipinski definition) is 1. The van der Waals surface area contributed by atoms with Crippen LogP contribution >= 0.6 is 0 Å². The lowest BCUT2D eigenvalue weighted by Gasteiger charge is -2.32. The van der Waals surface area contributed by atoms with Crippen LogP contribution in [0.5, 0.6) is 0 Å². The molecule has 0 bridgehead atoms. The third-order valence-electron chi connectivity index (χ3n) is 5.54. The molecular weight excluding hydrogens is 414 g/mol. The lowest BCUT2D eigenvalue weighted by atomic mass is 10.1. The first kappa shape index (κ1) is 21.3. The predicted octanol–water partition coefficient (Wildman–Crippen LogP) is 4.47. The van der Waals surface area contributed by atoms with Crippen molar-refractivity contribution in [2.45, 2.75) is 44.0 Å². The van der Waals surface area contributed by atoms with E-state index in [1.807, 2.05) is 38.1 Å². The van der Waals surface area contributed by atoms with Crippen molar-refractivity contribution in [2.24, 2.45) is 0 Å². The first-order valence-corrected chi connectivity index (χ1v) is 11.8. The molecule has 1 atom stereocenters.